The maximum Gasteiger partial charge on any atom is 0.143 e. The van der Waals surface area contributed by atoms with E-state index in [-0.39, 0.29) is 11.2 Å². The molecule has 2 aromatic carbocycles. The van der Waals surface area contributed by atoms with Crippen LogP contribution in [0.4, 0.5) is 0 Å². The highest BCUT2D eigenvalue weighted by Crippen LogP contribution is 2.51. The maximum absolute atomic E-state index is 10.0. The Morgan fingerprint density at radius 3 is 2.08 bits per heavy atom. The lowest BCUT2D eigenvalue weighted by atomic mass is 9.65. The first-order valence-electron chi connectivity index (χ1n) is 7.40. The first kappa shape index (κ1) is 18.7. The van der Waals surface area contributed by atoms with Crippen LogP contribution in [0.5, 0.6) is 11.5 Å². The Balaban J connectivity index is 2.19. The summed E-state index contributed by atoms with van der Waals surface area (Å²) in [6.45, 7) is 6.42. The number of benzene rings is 2. The molecule has 6 heteroatoms. The summed E-state index contributed by atoms with van der Waals surface area (Å²) in [7, 11) is 0. The minimum Gasteiger partial charge on any atom is -0.506 e. The lowest BCUT2D eigenvalue weighted by molar-refractivity contribution is 0.00892. The van der Waals surface area contributed by atoms with Crippen LogP contribution in [-0.2, 0) is 11.8 Å². The van der Waals surface area contributed by atoms with Gasteiger partial charge in [-0.3, -0.25) is 0 Å². The third kappa shape index (κ3) is 2.97. The summed E-state index contributed by atoms with van der Waals surface area (Å²) < 4.78 is 9.74. The van der Waals surface area contributed by atoms with E-state index < -0.39 is 5.60 Å². The van der Waals surface area contributed by atoms with Crippen molar-refractivity contribution in [2.24, 2.45) is 0 Å². The van der Waals surface area contributed by atoms with Crippen molar-refractivity contribution in [3.8, 4) is 11.5 Å². The summed E-state index contributed by atoms with van der Waals surface area (Å²) in [6, 6.07) is 8.07. The second kappa shape index (κ2) is 6.29. The second-order valence-corrected chi connectivity index (χ2v) is 10.3. The lowest BCUT2D eigenvalue weighted by Crippen LogP contribution is -2.53. The van der Waals surface area contributed by atoms with Gasteiger partial charge in [0.05, 0.1) is 13.4 Å². The van der Waals surface area contributed by atoms with Gasteiger partial charge in [0.2, 0.25) is 0 Å². The van der Waals surface area contributed by atoms with Gasteiger partial charge in [-0.2, -0.15) is 0 Å². The fourth-order valence-electron chi connectivity index (χ4n) is 3.15. The highest BCUT2D eigenvalue weighted by atomic mass is 79.9. The molecule has 1 aliphatic heterocycles. The minimum absolute atomic E-state index is 0.211. The van der Waals surface area contributed by atoms with Crippen molar-refractivity contribution >= 4 is 63.7 Å². The molecule has 24 heavy (non-hydrogen) atoms. The zero-order chi connectivity index (χ0) is 17.9. The number of phenolic OH excluding ortho intramolecular Hbond substituents is 1. The van der Waals surface area contributed by atoms with Gasteiger partial charge in [0.15, 0.2) is 0 Å². The molecule has 2 nitrogen and oxygen atoms in total. The minimum atomic E-state index is -0.424. The summed E-state index contributed by atoms with van der Waals surface area (Å²) in [5.74, 6) is 1.11. The van der Waals surface area contributed by atoms with Crippen LogP contribution in [0.3, 0.4) is 0 Å². The van der Waals surface area contributed by atoms with Gasteiger partial charge in [-0.15, -0.1) is 0 Å². The van der Waals surface area contributed by atoms with Crippen molar-refractivity contribution < 1.29 is 9.84 Å². The average Bonchev–Trinajstić information content (AvgIpc) is 2.46. The highest BCUT2D eigenvalue weighted by Gasteiger charge is 2.49. The van der Waals surface area contributed by atoms with Crippen LogP contribution in [0.2, 0.25) is 0 Å². The quantitative estimate of drug-likeness (QED) is 0.388. The van der Waals surface area contributed by atoms with Crippen LogP contribution >= 0.6 is 63.7 Å². The summed E-state index contributed by atoms with van der Waals surface area (Å²) in [5.41, 5.74) is 1.56. The molecule has 128 valence electrons. The predicted octanol–water partition coefficient (Wildman–Crippen LogP) is 7.11. The smallest absolute Gasteiger partial charge is 0.143 e. The molecule has 1 unspecified atom stereocenters. The Morgan fingerprint density at radius 1 is 0.917 bits per heavy atom. The van der Waals surface area contributed by atoms with Crippen molar-refractivity contribution in [2.45, 2.75) is 38.2 Å². The Hall–Kier alpha value is -0.0400. The van der Waals surface area contributed by atoms with Gasteiger partial charge in [-0.25, -0.2) is 0 Å². The van der Waals surface area contributed by atoms with Gasteiger partial charge in [-0.1, -0.05) is 22.9 Å². The molecule has 0 saturated heterocycles. The number of fused-ring (bicyclic) bond motifs is 1. The second-order valence-electron chi connectivity index (χ2n) is 6.79. The molecule has 3 rings (SSSR count). The number of aromatic hydroxyl groups is 1. The number of hydrogen-bond donors (Lipinski definition) is 1. The fourth-order valence-corrected chi connectivity index (χ4v) is 5.74. The monoisotopic (exact) mass is 580 g/mol. The number of phenols is 1. The van der Waals surface area contributed by atoms with Crippen molar-refractivity contribution in [1.82, 2.24) is 0 Å². The molecule has 1 aliphatic rings. The molecular formula is C18H16Br4O2. The topological polar surface area (TPSA) is 29.5 Å². The fraction of sp³-hybridized carbons (Fsp3) is 0.333. The summed E-state index contributed by atoms with van der Waals surface area (Å²) >= 11 is 14.1. The van der Waals surface area contributed by atoms with Crippen LogP contribution in [0, 0.1) is 0 Å². The van der Waals surface area contributed by atoms with E-state index >= 15 is 0 Å². The highest BCUT2D eigenvalue weighted by molar-refractivity contribution is 9.11. The average molecular weight is 584 g/mol. The van der Waals surface area contributed by atoms with E-state index in [0.717, 1.165) is 32.2 Å². The van der Waals surface area contributed by atoms with E-state index in [0.29, 0.717) is 8.95 Å². The Bertz CT molecular complexity index is 809. The van der Waals surface area contributed by atoms with Crippen molar-refractivity contribution in [3.63, 3.8) is 0 Å². The molecule has 2 aromatic rings. The molecule has 1 atom stereocenters. The van der Waals surface area contributed by atoms with Crippen molar-refractivity contribution in [3.05, 3.63) is 53.3 Å². The third-order valence-electron chi connectivity index (χ3n) is 4.97. The van der Waals surface area contributed by atoms with Gasteiger partial charge in [0.25, 0.3) is 0 Å². The first-order valence-corrected chi connectivity index (χ1v) is 10.6. The van der Waals surface area contributed by atoms with E-state index in [1.165, 1.54) is 0 Å². The summed E-state index contributed by atoms with van der Waals surface area (Å²) in [4.78, 5) is 0. The maximum atomic E-state index is 10.0. The molecular weight excluding hydrogens is 568 g/mol. The number of halogens is 4. The molecule has 1 heterocycles. The van der Waals surface area contributed by atoms with Crippen LogP contribution < -0.4 is 4.74 Å². The van der Waals surface area contributed by atoms with E-state index in [1.54, 1.807) is 0 Å². The van der Waals surface area contributed by atoms with E-state index in [1.807, 2.05) is 18.2 Å². The van der Waals surface area contributed by atoms with Gasteiger partial charge in [0, 0.05) is 9.89 Å². The third-order valence-corrected chi connectivity index (χ3v) is 7.23. The lowest BCUT2D eigenvalue weighted by Gasteiger charge is -2.49. The van der Waals surface area contributed by atoms with Gasteiger partial charge in [0.1, 0.15) is 17.1 Å². The van der Waals surface area contributed by atoms with Crippen LogP contribution in [0.1, 0.15) is 31.9 Å². The van der Waals surface area contributed by atoms with Crippen LogP contribution in [0.15, 0.2) is 42.2 Å². The van der Waals surface area contributed by atoms with Gasteiger partial charge >= 0.3 is 0 Å². The Kier molecular flexibility index (Phi) is 4.91. The van der Waals surface area contributed by atoms with Crippen molar-refractivity contribution in [1.29, 1.82) is 0 Å². The molecule has 0 aromatic heterocycles. The van der Waals surface area contributed by atoms with Gasteiger partial charge in [-0.05, 0) is 103 Å². The zero-order valence-electron chi connectivity index (χ0n) is 13.4. The normalized spacial score (nSPS) is 22.0. The molecule has 0 amide bonds. The van der Waals surface area contributed by atoms with Crippen LogP contribution in [-0.4, -0.2) is 10.7 Å². The largest absolute Gasteiger partial charge is 0.506 e. The van der Waals surface area contributed by atoms with E-state index in [9.17, 15) is 5.11 Å². The SMILES string of the molecule is CC1(C)Oc2c(Br)cc(Br)cc2CC1(C)c1cc(Br)c(O)c(Br)c1. The van der Waals surface area contributed by atoms with E-state index in [4.69, 9.17) is 4.74 Å². The summed E-state index contributed by atoms with van der Waals surface area (Å²) in [5, 5.41) is 10.0. The molecule has 0 saturated carbocycles. The predicted molar refractivity (Wildman–Crippen MR) is 111 cm³/mol. The van der Waals surface area contributed by atoms with Gasteiger partial charge < -0.3 is 9.84 Å². The van der Waals surface area contributed by atoms with E-state index in [2.05, 4.69) is 90.6 Å². The molecule has 0 fully saturated rings. The summed E-state index contributed by atoms with van der Waals surface area (Å²) in [6.07, 6.45) is 0.830. The zero-order valence-corrected chi connectivity index (χ0v) is 19.7. The standard InChI is InChI=1S/C18H16Br4O2/c1-17(2)18(3,10-5-12(20)15(23)13(21)6-10)8-9-4-11(19)7-14(22)16(9)24-17/h4-7,23H,8H2,1-3H3. The van der Waals surface area contributed by atoms with Crippen LogP contribution in [0.25, 0.3) is 0 Å². The first-order chi connectivity index (χ1) is 11.0. The number of hydrogen-bond acceptors (Lipinski definition) is 2. The molecule has 0 spiro atoms. The van der Waals surface area contributed by atoms with Crippen molar-refractivity contribution in [2.75, 3.05) is 0 Å². The Labute approximate surface area is 175 Å². The Morgan fingerprint density at radius 2 is 1.50 bits per heavy atom. The molecule has 0 radical (unpaired) electrons. The number of ether oxygens (including phenoxy) is 1. The molecule has 0 aliphatic carbocycles. The number of rotatable bonds is 1. The molecule has 1 N–H and O–H groups in total. The molecule has 0 bridgehead atoms.